The zero-order valence-corrected chi connectivity index (χ0v) is 9.18. The van der Waals surface area contributed by atoms with Gasteiger partial charge in [0.1, 0.15) is 11.5 Å². The summed E-state index contributed by atoms with van der Waals surface area (Å²) in [7, 11) is 0. The molecular weight excluding hydrogens is 231 g/mol. The molecule has 1 saturated carbocycles. The molecule has 0 aliphatic heterocycles. The molecular formula is C10H10ClFN4. The zero-order valence-electron chi connectivity index (χ0n) is 8.43. The number of hydrogen-bond acceptors (Lipinski definition) is 3. The van der Waals surface area contributed by atoms with E-state index < -0.39 is 0 Å². The molecule has 0 bridgehead atoms. The highest BCUT2D eigenvalue weighted by Gasteiger charge is 2.20. The summed E-state index contributed by atoms with van der Waals surface area (Å²) in [4.78, 5) is 10.7. The lowest BCUT2D eigenvalue weighted by Crippen LogP contribution is -2.27. The predicted molar refractivity (Wildman–Crippen MR) is 60.1 cm³/mol. The Bertz CT molecular complexity index is 535. The molecule has 4 nitrogen and oxygen atoms in total. The molecule has 0 spiro atoms. The second-order valence-electron chi connectivity index (χ2n) is 3.97. The minimum absolute atomic E-state index is 0.121. The van der Waals surface area contributed by atoms with Crippen LogP contribution in [0, 0.1) is 5.82 Å². The second-order valence-corrected chi connectivity index (χ2v) is 4.31. The molecule has 2 N–H and O–H groups in total. The van der Waals surface area contributed by atoms with Gasteiger partial charge in [0.2, 0.25) is 5.28 Å². The molecule has 2 heterocycles. The quantitative estimate of drug-likeness (QED) is 0.794. The molecule has 1 aliphatic rings. The molecule has 0 saturated heterocycles. The van der Waals surface area contributed by atoms with Crippen LogP contribution in [0.2, 0.25) is 5.28 Å². The lowest BCUT2D eigenvalue weighted by atomic mass is 9.93. The van der Waals surface area contributed by atoms with E-state index in [0.717, 1.165) is 12.8 Å². The molecule has 3 rings (SSSR count). The van der Waals surface area contributed by atoms with E-state index in [-0.39, 0.29) is 11.1 Å². The highest BCUT2D eigenvalue weighted by atomic mass is 35.5. The van der Waals surface area contributed by atoms with Crippen LogP contribution in [0.4, 0.5) is 10.2 Å². The molecule has 0 atom stereocenters. The number of rotatable bonds is 2. The minimum atomic E-state index is -0.353. The van der Waals surface area contributed by atoms with Gasteiger partial charge in [0.05, 0.1) is 5.39 Å². The summed E-state index contributed by atoms with van der Waals surface area (Å²) in [5, 5.41) is 3.70. The van der Waals surface area contributed by atoms with Gasteiger partial charge >= 0.3 is 0 Å². The predicted octanol–water partition coefficient (Wildman–Crippen LogP) is 2.71. The maximum Gasteiger partial charge on any atom is 0.226 e. The Hall–Kier alpha value is -1.36. The fraction of sp³-hybridized carbons (Fsp3) is 0.400. The molecule has 0 amide bonds. The molecule has 0 unspecified atom stereocenters. The van der Waals surface area contributed by atoms with Gasteiger partial charge in [-0.05, 0) is 30.9 Å². The number of nitrogens with one attached hydrogen (secondary N) is 2. The Morgan fingerprint density at radius 3 is 2.94 bits per heavy atom. The first-order valence-corrected chi connectivity index (χ1v) is 5.58. The smallest absolute Gasteiger partial charge is 0.226 e. The van der Waals surface area contributed by atoms with E-state index in [9.17, 15) is 4.39 Å². The van der Waals surface area contributed by atoms with E-state index in [0.29, 0.717) is 22.9 Å². The second kappa shape index (κ2) is 3.59. The van der Waals surface area contributed by atoms with Gasteiger partial charge in [-0.25, -0.2) is 4.39 Å². The van der Waals surface area contributed by atoms with Crippen molar-refractivity contribution in [3.63, 3.8) is 0 Å². The molecule has 1 fully saturated rings. The first kappa shape index (κ1) is 9.84. The van der Waals surface area contributed by atoms with Crippen molar-refractivity contribution in [2.75, 3.05) is 5.32 Å². The molecule has 0 aromatic carbocycles. The van der Waals surface area contributed by atoms with Crippen LogP contribution in [-0.2, 0) is 0 Å². The van der Waals surface area contributed by atoms with Gasteiger partial charge in [-0.2, -0.15) is 9.97 Å². The van der Waals surface area contributed by atoms with Gasteiger partial charge < -0.3 is 10.3 Å². The first-order valence-electron chi connectivity index (χ1n) is 5.20. The Balaban J connectivity index is 2.08. The third-order valence-electron chi connectivity index (χ3n) is 2.90. The average Bonchev–Trinajstić information content (AvgIpc) is 2.53. The fourth-order valence-corrected chi connectivity index (χ4v) is 1.99. The number of aromatic amines is 1. The van der Waals surface area contributed by atoms with Gasteiger partial charge in [0, 0.05) is 12.2 Å². The topological polar surface area (TPSA) is 53.6 Å². The normalized spacial score (nSPS) is 16.4. The summed E-state index contributed by atoms with van der Waals surface area (Å²) in [5.41, 5.74) is 0.430. The molecule has 6 heteroatoms. The summed E-state index contributed by atoms with van der Waals surface area (Å²) in [6.45, 7) is 0. The Kier molecular flexibility index (Phi) is 2.21. The highest BCUT2D eigenvalue weighted by molar-refractivity contribution is 6.28. The highest BCUT2D eigenvalue weighted by Crippen LogP contribution is 2.28. The van der Waals surface area contributed by atoms with Crippen LogP contribution < -0.4 is 5.32 Å². The van der Waals surface area contributed by atoms with E-state index in [4.69, 9.17) is 11.6 Å². The number of hydrogen-bond donors (Lipinski definition) is 2. The van der Waals surface area contributed by atoms with Gasteiger partial charge in [-0.15, -0.1) is 0 Å². The Morgan fingerprint density at radius 1 is 1.44 bits per heavy atom. The molecule has 16 heavy (non-hydrogen) atoms. The van der Waals surface area contributed by atoms with Crippen LogP contribution >= 0.6 is 11.6 Å². The zero-order chi connectivity index (χ0) is 11.1. The number of nitrogens with zero attached hydrogens (tertiary/aromatic N) is 2. The van der Waals surface area contributed by atoms with Crippen molar-refractivity contribution in [1.29, 1.82) is 0 Å². The van der Waals surface area contributed by atoms with Crippen LogP contribution in [-0.4, -0.2) is 21.0 Å². The number of H-pyrrole nitrogens is 1. The van der Waals surface area contributed by atoms with Crippen LogP contribution in [0.1, 0.15) is 19.3 Å². The molecule has 2 aromatic heterocycles. The van der Waals surface area contributed by atoms with Crippen LogP contribution in [0.5, 0.6) is 0 Å². The SMILES string of the molecule is Fc1c[nH]c2nc(Cl)nc(NC3CCC3)c12. The third-order valence-corrected chi connectivity index (χ3v) is 3.07. The summed E-state index contributed by atoms with van der Waals surface area (Å²) >= 11 is 5.77. The standard InChI is InChI=1S/C10H10ClFN4/c11-10-15-8-7(6(12)4-13-8)9(16-10)14-5-2-1-3-5/h4-5H,1-3H2,(H2,13,14,15,16). The number of anilines is 1. The fourth-order valence-electron chi connectivity index (χ4n) is 1.82. The van der Waals surface area contributed by atoms with Crippen molar-refractivity contribution in [3.05, 3.63) is 17.3 Å². The number of halogens is 2. The number of aromatic nitrogens is 3. The van der Waals surface area contributed by atoms with E-state index >= 15 is 0 Å². The Labute approximate surface area is 96.2 Å². The summed E-state index contributed by atoms with van der Waals surface area (Å²) in [6.07, 6.45) is 4.65. The first-order chi connectivity index (χ1) is 7.74. The maximum absolute atomic E-state index is 13.5. The maximum atomic E-state index is 13.5. The van der Waals surface area contributed by atoms with Crippen molar-refractivity contribution in [3.8, 4) is 0 Å². The molecule has 2 aromatic rings. The summed E-state index contributed by atoms with van der Waals surface area (Å²) in [5.74, 6) is 0.131. The molecule has 84 valence electrons. The Morgan fingerprint density at radius 2 is 2.25 bits per heavy atom. The van der Waals surface area contributed by atoms with Crippen molar-refractivity contribution in [2.24, 2.45) is 0 Å². The lowest BCUT2D eigenvalue weighted by Gasteiger charge is -2.27. The minimum Gasteiger partial charge on any atom is -0.367 e. The van der Waals surface area contributed by atoms with Gasteiger partial charge in [-0.1, -0.05) is 0 Å². The van der Waals surface area contributed by atoms with Crippen LogP contribution in [0.15, 0.2) is 6.20 Å². The van der Waals surface area contributed by atoms with Crippen molar-refractivity contribution in [2.45, 2.75) is 25.3 Å². The van der Waals surface area contributed by atoms with Crippen LogP contribution in [0.3, 0.4) is 0 Å². The largest absolute Gasteiger partial charge is 0.367 e. The van der Waals surface area contributed by atoms with Gasteiger partial charge in [0.15, 0.2) is 5.82 Å². The van der Waals surface area contributed by atoms with Crippen molar-refractivity contribution >= 4 is 28.5 Å². The van der Waals surface area contributed by atoms with E-state index in [1.54, 1.807) is 0 Å². The van der Waals surface area contributed by atoms with Crippen molar-refractivity contribution in [1.82, 2.24) is 15.0 Å². The third kappa shape index (κ3) is 1.51. The summed E-state index contributed by atoms with van der Waals surface area (Å²) in [6, 6.07) is 0.378. The van der Waals surface area contributed by atoms with Gasteiger partial charge in [-0.3, -0.25) is 0 Å². The number of fused-ring (bicyclic) bond motifs is 1. The van der Waals surface area contributed by atoms with E-state index in [1.807, 2.05) is 0 Å². The van der Waals surface area contributed by atoms with Crippen LogP contribution in [0.25, 0.3) is 11.0 Å². The lowest BCUT2D eigenvalue weighted by molar-refractivity contribution is 0.444. The average molecular weight is 241 g/mol. The van der Waals surface area contributed by atoms with E-state index in [2.05, 4.69) is 20.3 Å². The van der Waals surface area contributed by atoms with E-state index in [1.165, 1.54) is 12.6 Å². The molecule has 1 aliphatic carbocycles. The van der Waals surface area contributed by atoms with Crippen molar-refractivity contribution < 1.29 is 4.39 Å². The van der Waals surface area contributed by atoms with Gasteiger partial charge in [0.25, 0.3) is 0 Å². The summed E-state index contributed by atoms with van der Waals surface area (Å²) < 4.78 is 13.5. The monoisotopic (exact) mass is 240 g/mol. The molecule has 0 radical (unpaired) electrons.